The Morgan fingerprint density at radius 1 is 1.46 bits per heavy atom. The smallest absolute Gasteiger partial charge is 0.414 e. The molecule has 2 aliphatic heterocycles. The maximum atomic E-state index is 14.7. The van der Waals surface area contributed by atoms with E-state index in [4.69, 9.17) is 9.47 Å². The first-order chi connectivity index (χ1) is 12.9. The van der Waals surface area contributed by atoms with Gasteiger partial charge in [-0.2, -0.15) is 0 Å². The Labute approximate surface area is 171 Å². The summed E-state index contributed by atoms with van der Waals surface area (Å²) >= 11 is 3.28. The first-order valence-electron chi connectivity index (χ1n) is 8.48. The number of nitrogens with zero attached hydrogens (tertiary/aromatic N) is 2. The molecule has 1 N–H and O–H groups in total. The fourth-order valence-corrected chi connectivity index (χ4v) is 5.28. The number of ether oxygens (including phenoxy) is 2. The molecule has 1 aromatic carbocycles. The van der Waals surface area contributed by atoms with Gasteiger partial charge in [-0.05, 0) is 39.0 Å². The Balaban J connectivity index is 2.13. The molecule has 1 saturated heterocycles. The molecule has 0 aliphatic carbocycles. The summed E-state index contributed by atoms with van der Waals surface area (Å²) in [7, 11) is -2.72. The third kappa shape index (κ3) is 3.62. The number of alkyl carbamates (subject to hydrolysis) is 1. The van der Waals surface area contributed by atoms with E-state index in [2.05, 4.69) is 26.2 Å². The summed E-state index contributed by atoms with van der Waals surface area (Å²) < 4.78 is 52.9. The van der Waals surface area contributed by atoms with E-state index in [1.165, 1.54) is 25.2 Å². The number of aliphatic imine (C=N–C) groups is 1. The van der Waals surface area contributed by atoms with Crippen molar-refractivity contribution < 1.29 is 27.1 Å². The molecule has 0 spiro atoms. The minimum Gasteiger partial charge on any atom is -0.444 e. The maximum Gasteiger partial charge on any atom is 0.414 e. The van der Waals surface area contributed by atoms with Gasteiger partial charge >= 0.3 is 6.09 Å². The Kier molecular flexibility index (Phi) is 5.22. The van der Waals surface area contributed by atoms with Crippen molar-refractivity contribution in [3.8, 4) is 0 Å². The first kappa shape index (κ1) is 21.0. The highest BCUT2D eigenvalue weighted by Crippen LogP contribution is 2.44. The van der Waals surface area contributed by atoms with Gasteiger partial charge in [-0.15, -0.1) is 0 Å². The normalized spacial score (nSPS) is 26.4. The predicted molar refractivity (Wildman–Crippen MR) is 104 cm³/mol. The monoisotopic (exact) mass is 477 g/mol. The van der Waals surface area contributed by atoms with Crippen LogP contribution in [0.2, 0.25) is 0 Å². The van der Waals surface area contributed by atoms with E-state index >= 15 is 0 Å². The molecular formula is C17H21BrFN3O5S. The third-order valence-corrected chi connectivity index (χ3v) is 7.15. The number of carbonyl (C=O) groups is 1. The molecule has 0 radical (unpaired) electrons. The van der Waals surface area contributed by atoms with Crippen LogP contribution in [0.3, 0.4) is 0 Å². The van der Waals surface area contributed by atoms with Gasteiger partial charge in [0.05, 0.1) is 13.2 Å². The zero-order valence-corrected chi connectivity index (χ0v) is 18.2. The quantitative estimate of drug-likeness (QED) is 0.669. The number of guanidine groups is 1. The number of benzene rings is 1. The standard InChI is InChI=1S/C17H21BrFN3O5S/c1-16(2,3)27-15(23)20-14-21-17(11-7-10(18)5-6-12(11)19)9-26-8-13(17)28(24,25)22(14)4/h5-7,13H,8-9H2,1-4H3,(H,20,21,23). The van der Waals surface area contributed by atoms with Gasteiger partial charge in [0.15, 0.2) is 0 Å². The Morgan fingerprint density at radius 2 is 2.14 bits per heavy atom. The maximum absolute atomic E-state index is 14.7. The van der Waals surface area contributed by atoms with E-state index in [0.717, 1.165) is 4.31 Å². The molecule has 28 heavy (non-hydrogen) atoms. The molecule has 3 rings (SSSR count). The second-order valence-electron chi connectivity index (χ2n) is 7.63. The highest BCUT2D eigenvalue weighted by molar-refractivity contribution is 9.10. The summed E-state index contributed by atoms with van der Waals surface area (Å²) in [5.74, 6) is -0.866. The van der Waals surface area contributed by atoms with E-state index in [0.29, 0.717) is 4.47 Å². The number of halogens is 2. The summed E-state index contributed by atoms with van der Waals surface area (Å²) in [6.45, 7) is 4.75. The van der Waals surface area contributed by atoms with Gasteiger partial charge < -0.3 is 9.47 Å². The van der Waals surface area contributed by atoms with Crippen LogP contribution in [-0.4, -0.2) is 55.9 Å². The lowest BCUT2D eigenvalue weighted by Crippen LogP contribution is -2.59. The number of carbonyl (C=O) groups excluding carboxylic acids is 1. The Bertz CT molecular complexity index is 947. The van der Waals surface area contributed by atoms with Crippen molar-refractivity contribution in [2.75, 3.05) is 20.3 Å². The van der Waals surface area contributed by atoms with Crippen molar-refractivity contribution in [1.82, 2.24) is 9.62 Å². The summed E-state index contributed by atoms with van der Waals surface area (Å²) in [5, 5.41) is 1.24. The molecule has 11 heteroatoms. The van der Waals surface area contributed by atoms with Crippen molar-refractivity contribution in [1.29, 1.82) is 0 Å². The number of hydrogen-bond acceptors (Lipinski definition) is 6. The van der Waals surface area contributed by atoms with E-state index in [-0.39, 0.29) is 24.7 Å². The van der Waals surface area contributed by atoms with Crippen LogP contribution in [0.5, 0.6) is 0 Å². The molecule has 1 aromatic rings. The van der Waals surface area contributed by atoms with Crippen molar-refractivity contribution in [2.24, 2.45) is 4.99 Å². The zero-order valence-electron chi connectivity index (χ0n) is 15.8. The van der Waals surface area contributed by atoms with Crippen LogP contribution in [0.15, 0.2) is 27.7 Å². The van der Waals surface area contributed by atoms with Gasteiger partial charge in [0.2, 0.25) is 16.0 Å². The highest BCUT2D eigenvalue weighted by atomic mass is 79.9. The lowest BCUT2D eigenvalue weighted by molar-refractivity contribution is 0.0558. The van der Waals surface area contributed by atoms with Crippen molar-refractivity contribution in [3.63, 3.8) is 0 Å². The summed E-state index contributed by atoms with van der Waals surface area (Å²) in [5.41, 5.74) is -2.24. The number of fused-ring (bicyclic) bond motifs is 1. The molecule has 2 heterocycles. The van der Waals surface area contributed by atoms with E-state index in [1.54, 1.807) is 20.8 Å². The van der Waals surface area contributed by atoms with Crippen LogP contribution < -0.4 is 5.32 Å². The van der Waals surface area contributed by atoms with Crippen LogP contribution in [0.4, 0.5) is 9.18 Å². The lowest BCUT2D eigenvalue weighted by atomic mass is 9.89. The topological polar surface area (TPSA) is 97.3 Å². The fourth-order valence-electron chi connectivity index (χ4n) is 3.20. The van der Waals surface area contributed by atoms with Crippen LogP contribution >= 0.6 is 15.9 Å². The first-order valence-corrected chi connectivity index (χ1v) is 10.8. The van der Waals surface area contributed by atoms with E-state index < -0.39 is 38.3 Å². The van der Waals surface area contributed by atoms with Crippen LogP contribution in [-0.2, 0) is 25.0 Å². The van der Waals surface area contributed by atoms with Gasteiger partial charge in [0.25, 0.3) is 0 Å². The fraction of sp³-hybridized carbons (Fsp3) is 0.529. The molecule has 0 bridgehead atoms. The Morgan fingerprint density at radius 3 is 2.79 bits per heavy atom. The molecule has 2 unspecified atom stereocenters. The van der Waals surface area contributed by atoms with Gasteiger partial charge in [-0.3, -0.25) is 5.32 Å². The number of hydrogen-bond donors (Lipinski definition) is 1. The molecule has 2 aliphatic rings. The summed E-state index contributed by atoms with van der Waals surface area (Å²) in [4.78, 5) is 16.6. The van der Waals surface area contributed by atoms with Crippen LogP contribution in [0, 0.1) is 5.82 Å². The molecule has 0 aromatic heterocycles. The molecule has 1 fully saturated rings. The molecular weight excluding hydrogens is 457 g/mol. The SMILES string of the molecule is CN1C(NC(=O)OC(C)(C)C)=NC2(c3cc(Br)ccc3F)COCC2S1(=O)=O. The average Bonchev–Trinajstić information content (AvgIpc) is 2.99. The lowest BCUT2D eigenvalue weighted by Gasteiger charge is -2.39. The largest absolute Gasteiger partial charge is 0.444 e. The van der Waals surface area contributed by atoms with Gasteiger partial charge in [0, 0.05) is 17.1 Å². The molecule has 0 saturated carbocycles. The van der Waals surface area contributed by atoms with E-state index in [9.17, 15) is 17.6 Å². The van der Waals surface area contributed by atoms with Crippen molar-refractivity contribution >= 4 is 38.0 Å². The molecule has 154 valence electrons. The minimum atomic E-state index is -3.99. The minimum absolute atomic E-state index is 0.0736. The van der Waals surface area contributed by atoms with Crippen LogP contribution in [0.25, 0.3) is 0 Å². The molecule has 2 atom stereocenters. The van der Waals surface area contributed by atoms with Crippen molar-refractivity contribution in [2.45, 2.75) is 37.2 Å². The third-order valence-electron chi connectivity index (χ3n) is 4.48. The zero-order chi connectivity index (χ0) is 20.9. The molecule has 8 nitrogen and oxygen atoms in total. The number of sulfonamides is 1. The Hall–Kier alpha value is -1.72. The second-order valence-corrected chi connectivity index (χ2v) is 10.7. The number of rotatable bonds is 1. The highest BCUT2D eigenvalue weighted by Gasteiger charge is 2.58. The number of nitrogens with one attached hydrogen (secondary N) is 1. The average molecular weight is 478 g/mol. The van der Waals surface area contributed by atoms with Crippen LogP contribution in [0.1, 0.15) is 26.3 Å². The van der Waals surface area contributed by atoms with Gasteiger partial charge in [-0.25, -0.2) is 26.9 Å². The van der Waals surface area contributed by atoms with Gasteiger partial charge in [-0.1, -0.05) is 15.9 Å². The van der Waals surface area contributed by atoms with Crippen molar-refractivity contribution in [3.05, 3.63) is 34.1 Å². The van der Waals surface area contributed by atoms with E-state index in [1.807, 2.05) is 0 Å². The second kappa shape index (κ2) is 6.96. The van der Waals surface area contributed by atoms with Gasteiger partial charge in [0.1, 0.15) is 22.2 Å². The summed E-state index contributed by atoms with van der Waals surface area (Å²) in [6, 6.07) is 4.21. The number of amides is 1. The molecule has 1 amide bonds. The summed E-state index contributed by atoms with van der Waals surface area (Å²) in [6.07, 6.45) is -0.865. The predicted octanol–water partition coefficient (Wildman–Crippen LogP) is 2.34.